The summed E-state index contributed by atoms with van der Waals surface area (Å²) >= 11 is 1.41. The number of methoxy groups -OCH3 is 2. The van der Waals surface area contributed by atoms with Gasteiger partial charge >= 0.3 is 0 Å². The van der Waals surface area contributed by atoms with Crippen molar-refractivity contribution < 1.29 is 14.0 Å². The van der Waals surface area contributed by atoms with Crippen LogP contribution >= 0.6 is 11.8 Å². The minimum absolute atomic E-state index is 0.454. The molecule has 0 radical (unpaired) electrons. The second kappa shape index (κ2) is 7.47. The first-order valence-electron chi connectivity index (χ1n) is 8.46. The second-order valence-electron chi connectivity index (χ2n) is 6.02. The number of aromatic nitrogens is 6. The number of hydrogen-bond donors (Lipinski definition) is 0. The average Bonchev–Trinajstić information content (AvgIpc) is 3.32. The fourth-order valence-electron chi connectivity index (χ4n) is 2.74. The first-order valence-corrected chi connectivity index (χ1v) is 9.44. The van der Waals surface area contributed by atoms with Crippen LogP contribution in [0, 0.1) is 13.8 Å². The number of nitrogens with zero attached hydrogens (tertiary/aromatic N) is 6. The zero-order valence-electron chi connectivity index (χ0n) is 15.8. The van der Waals surface area contributed by atoms with Crippen LogP contribution in [0.15, 0.2) is 33.9 Å². The molecule has 0 atom stereocenters. The molecule has 0 N–H and O–H groups in total. The molecule has 0 saturated heterocycles. The molecule has 0 amide bonds. The van der Waals surface area contributed by atoms with Gasteiger partial charge in [0.25, 0.3) is 5.78 Å². The van der Waals surface area contributed by atoms with E-state index in [1.54, 1.807) is 30.9 Å². The molecule has 10 heteroatoms. The maximum atomic E-state index is 5.36. The van der Waals surface area contributed by atoms with Crippen LogP contribution in [0.4, 0.5) is 0 Å². The van der Waals surface area contributed by atoms with Gasteiger partial charge in [-0.15, -0.1) is 5.10 Å². The molecule has 9 nitrogen and oxygen atoms in total. The van der Waals surface area contributed by atoms with Crippen molar-refractivity contribution in [3.8, 4) is 22.9 Å². The van der Waals surface area contributed by atoms with Gasteiger partial charge in [-0.25, -0.2) is 9.50 Å². The summed E-state index contributed by atoms with van der Waals surface area (Å²) in [7, 11) is 3.17. The van der Waals surface area contributed by atoms with E-state index in [-0.39, 0.29) is 0 Å². The lowest BCUT2D eigenvalue weighted by atomic mass is 10.2. The smallest absolute Gasteiger partial charge is 0.253 e. The summed E-state index contributed by atoms with van der Waals surface area (Å²) in [6.45, 7) is 3.90. The molecule has 4 rings (SSSR count). The third kappa shape index (κ3) is 3.50. The van der Waals surface area contributed by atoms with Gasteiger partial charge in [0.05, 0.1) is 20.0 Å². The van der Waals surface area contributed by atoms with Crippen molar-refractivity contribution in [2.24, 2.45) is 0 Å². The molecule has 0 bridgehead atoms. The van der Waals surface area contributed by atoms with Gasteiger partial charge in [-0.2, -0.15) is 9.97 Å². The molecule has 0 fully saturated rings. The highest BCUT2D eigenvalue weighted by molar-refractivity contribution is 7.98. The van der Waals surface area contributed by atoms with Gasteiger partial charge in [-0.05, 0) is 38.1 Å². The SMILES string of the molecule is COc1ccc(-c2noc(CSc3nc4nc(C)cc(C)n4n3)n2)cc1OC. The van der Waals surface area contributed by atoms with E-state index in [9.17, 15) is 0 Å². The number of hydrogen-bond acceptors (Lipinski definition) is 9. The molecule has 3 heterocycles. The zero-order valence-corrected chi connectivity index (χ0v) is 16.6. The van der Waals surface area contributed by atoms with Gasteiger partial charge in [0.2, 0.25) is 16.9 Å². The first-order chi connectivity index (χ1) is 13.6. The Bertz CT molecular complexity index is 1140. The Kier molecular flexibility index (Phi) is 4.86. The van der Waals surface area contributed by atoms with Crippen molar-refractivity contribution >= 4 is 17.5 Å². The average molecular weight is 398 g/mol. The summed E-state index contributed by atoms with van der Waals surface area (Å²) in [6, 6.07) is 7.42. The third-order valence-electron chi connectivity index (χ3n) is 4.03. The van der Waals surface area contributed by atoms with Gasteiger partial charge in [0.1, 0.15) is 0 Å². The van der Waals surface area contributed by atoms with E-state index in [2.05, 4.69) is 25.2 Å². The van der Waals surface area contributed by atoms with E-state index in [0.717, 1.165) is 17.0 Å². The molecule has 1 aromatic carbocycles. The van der Waals surface area contributed by atoms with E-state index in [0.29, 0.717) is 39.9 Å². The van der Waals surface area contributed by atoms with E-state index in [4.69, 9.17) is 14.0 Å². The summed E-state index contributed by atoms with van der Waals surface area (Å²) in [4.78, 5) is 13.3. The van der Waals surface area contributed by atoms with Crippen molar-refractivity contribution in [3.63, 3.8) is 0 Å². The summed E-state index contributed by atoms with van der Waals surface area (Å²) in [6.07, 6.45) is 0. The lowest BCUT2D eigenvalue weighted by Crippen LogP contribution is -1.97. The first kappa shape index (κ1) is 18.2. The topological polar surface area (TPSA) is 100 Å². The van der Waals surface area contributed by atoms with Crippen LogP contribution in [0.3, 0.4) is 0 Å². The van der Waals surface area contributed by atoms with E-state index < -0.39 is 0 Å². The van der Waals surface area contributed by atoms with E-state index in [1.807, 2.05) is 26.0 Å². The van der Waals surface area contributed by atoms with Crippen LogP contribution in [0.1, 0.15) is 17.3 Å². The molecule has 0 saturated carbocycles. The third-order valence-corrected chi connectivity index (χ3v) is 4.86. The monoisotopic (exact) mass is 398 g/mol. The number of fused-ring (bicyclic) bond motifs is 1. The number of thioether (sulfide) groups is 1. The highest BCUT2D eigenvalue weighted by atomic mass is 32.2. The van der Waals surface area contributed by atoms with Gasteiger partial charge in [0, 0.05) is 17.0 Å². The maximum absolute atomic E-state index is 5.36. The Hall–Kier alpha value is -3.14. The van der Waals surface area contributed by atoms with Gasteiger partial charge in [-0.1, -0.05) is 16.9 Å². The maximum Gasteiger partial charge on any atom is 0.253 e. The van der Waals surface area contributed by atoms with Crippen molar-refractivity contribution in [1.82, 2.24) is 29.7 Å². The Morgan fingerprint density at radius 1 is 1.04 bits per heavy atom. The molecule has 144 valence electrons. The van der Waals surface area contributed by atoms with Gasteiger partial charge in [-0.3, -0.25) is 0 Å². The molecular weight excluding hydrogens is 380 g/mol. The van der Waals surface area contributed by atoms with E-state index >= 15 is 0 Å². The molecular formula is C18H18N6O3S. The second-order valence-corrected chi connectivity index (χ2v) is 6.96. The Morgan fingerprint density at radius 2 is 1.86 bits per heavy atom. The fourth-order valence-corrected chi connectivity index (χ4v) is 3.40. The highest BCUT2D eigenvalue weighted by Gasteiger charge is 2.14. The number of benzene rings is 1. The fraction of sp³-hybridized carbons (Fsp3) is 0.278. The number of ether oxygens (including phenoxy) is 2. The molecule has 3 aromatic heterocycles. The zero-order chi connectivity index (χ0) is 19.7. The Labute approximate surface area is 165 Å². The highest BCUT2D eigenvalue weighted by Crippen LogP contribution is 2.31. The van der Waals surface area contributed by atoms with Crippen LogP contribution in [-0.4, -0.2) is 43.9 Å². The summed E-state index contributed by atoms with van der Waals surface area (Å²) in [5.74, 6) is 3.24. The normalized spacial score (nSPS) is 11.1. The predicted octanol–water partition coefficient (Wildman–Crippen LogP) is 3.10. The van der Waals surface area contributed by atoms with Gasteiger partial charge < -0.3 is 14.0 Å². The number of rotatable bonds is 6. The van der Waals surface area contributed by atoms with Crippen LogP contribution in [0.2, 0.25) is 0 Å². The quantitative estimate of drug-likeness (QED) is 0.453. The minimum Gasteiger partial charge on any atom is -0.493 e. The molecule has 0 aliphatic rings. The van der Waals surface area contributed by atoms with Crippen LogP contribution in [0.5, 0.6) is 11.5 Å². The van der Waals surface area contributed by atoms with Gasteiger partial charge in [0.15, 0.2) is 11.5 Å². The predicted molar refractivity (Wildman–Crippen MR) is 103 cm³/mol. The molecule has 4 aromatic rings. The van der Waals surface area contributed by atoms with Crippen molar-refractivity contribution in [2.45, 2.75) is 24.8 Å². The standard InChI is InChI=1S/C18H18N6O3S/c1-10-7-11(2)24-17(19-10)21-18(22-24)28-9-15-20-16(23-27-15)12-5-6-13(25-3)14(8-12)26-4/h5-8H,9H2,1-4H3. The van der Waals surface area contributed by atoms with Crippen molar-refractivity contribution in [1.29, 1.82) is 0 Å². The largest absolute Gasteiger partial charge is 0.493 e. The van der Waals surface area contributed by atoms with Crippen LogP contribution < -0.4 is 9.47 Å². The lowest BCUT2D eigenvalue weighted by Gasteiger charge is -2.07. The van der Waals surface area contributed by atoms with Crippen LogP contribution in [0.25, 0.3) is 17.2 Å². The molecule has 0 aliphatic carbocycles. The molecule has 0 aliphatic heterocycles. The molecule has 28 heavy (non-hydrogen) atoms. The molecule has 0 spiro atoms. The minimum atomic E-state index is 0.454. The van der Waals surface area contributed by atoms with E-state index in [1.165, 1.54) is 11.8 Å². The Balaban J connectivity index is 1.50. The van der Waals surface area contributed by atoms with Crippen molar-refractivity contribution in [2.75, 3.05) is 14.2 Å². The Morgan fingerprint density at radius 3 is 2.64 bits per heavy atom. The molecule has 0 unspecified atom stereocenters. The van der Waals surface area contributed by atoms with Crippen LogP contribution in [-0.2, 0) is 5.75 Å². The summed E-state index contributed by atoms with van der Waals surface area (Å²) < 4.78 is 17.6. The summed E-state index contributed by atoms with van der Waals surface area (Å²) in [5.41, 5.74) is 2.67. The summed E-state index contributed by atoms with van der Waals surface area (Å²) in [5, 5.41) is 9.11. The number of aryl methyl sites for hydroxylation is 2. The van der Waals surface area contributed by atoms with Crippen molar-refractivity contribution in [3.05, 3.63) is 41.5 Å². The lowest BCUT2D eigenvalue weighted by molar-refractivity contribution is 0.355.